The fourth-order valence-corrected chi connectivity index (χ4v) is 1.48. The molecule has 4 heteroatoms. The molecular weight excluding hydrogens is 183 g/mol. The van der Waals surface area contributed by atoms with E-state index in [1.54, 1.807) is 6.07 Å². The predicted octanol–water partition coefficient (Wildman–Crippen LogP) is 1.08. The van der Waals surface area contributed by atoms with Crippen molar-refractivity contribution >= 4 is 0 Å². The van der Waals surface area contributed by atoms with Crippen LogP contribution in [0.3, 0.4) is 0 Å². The standard InChI is InChI=1S/C10H13FN2O/c1-7-3-2-4-10(13-7)14-9-6-12-5-8(9)11/h2-4,8-9,12H,5-6H2,1H3. The summed E-state index contributed by atoms with van der Waals surface area (Å²) in [5.74, 6) is 0.501. The highest BCUT2D eigenvalue weighted by Gasteiger charge is 2.28. The van der Waals surface area contributed by atoms with Crippen LogP contribution >= 0.6 is 0 Å². The van der Waals surface area contributed by atoms with E-state index in [9.17, 15) is 4.39 Å². The van der Waals surface area contributed by atoms with E-state index in [-0.39, 0.29) is 0 Å². The number of halogens is 1. The van der Waals surface area contributed by atoms with Crippen molar-refractivity contribution in [1.82, 2.24) is 10.3 Å². The zero-order valence-electron chi connectivity index (χ0n) is 8.03. The first-order valence-electron chi connectivity index (χ1n) is 4.71. The minimum absolute atomic E-state index is 0.372. The third-order valence-corrected chi connectivity index (χ3v) is 2.22. The second-order valence-electron chi connectivity index (χ2n) is 3.45. The summed E-state index contributed by atoms with van der Waals surface area (Å²) in [7, 11) is 0. The number of nitrogens with zero attached hydrogens (tertiary/aromatic N) is 1. The summed E-state index contributed by atoms with van der Waals surface area (Å²) in [6.07, 6.45) is -1.33. The van der Waals surface area contributed by atoms with Crippen molar-refractivity contribution in [2.24, 2.45) is 0 Å². The Morgan fingerprint density at radius 2 is 2.36 bits per heavy atom. The second kappa shape index (κ2) is 3.92. The molecule has 2 heterocycles. The molecule has 0 bridgehead atoms. The Labute approximate surface area is 82.3 Å². The first-order valence-corrected chi connectivity index (χ1v) is 4.71. The molecule has 0 spiro atoms. The molecule has 2 unspecified atom stereocenters. The lowest BCUT2D eigenvalue weighted by Gasteiger charge is -2.13. The number of pyridine rings is 1. The van der Waals surface area contributed by atoms with Crippen molar-refractivity contribution in [2.75, 3.05) is 13.1 Å². The van der Waals surface area contributed by atoms with Crippen LogP contribution in [0.2, 0.25) is 0 Å². The van der Waals surface area contributed by atoms with Crippen LogP contribution in [0.25, 0.3) is 0 Å². The van der Waals surface area contributed by atoms with E-state index < -0.39 is 12.3 Å². The molecule has 1 fully saturated rings. The molecule has 0 aliphatic carbocycles. The van der Waals surface area contributed by atoms with Gasteiger partial charge in [-0.25, -0.2) is 9.37 Å². The molecule has 0 saturated carbocycles. The quantitative estimate of drug-likeness (QED) is 0.768. The Bertz CT molecular complexity index is 319. The highest BCUT2D eigenvalue weighted by atomic mass is 19.1. The van der Waals surface area contributed by atoms with Gasteiger partial charge in [-0.1, -0.05) is 6.07 Å². The average Bonchev–Trinajstić information content (AvgIpc) is 2.52. The average molecular weight is 196 g/mol. The van der Waals surface area contributed by atoms with Crippen molar-refractivity contribution < 1.29 is 9.13 Å². The molecule has 1 aromatic heterocycles. The summed E-state index contributed by atoms with van der Waals surface area (Å²) in [6, 6.07) is 5.48. The van der Waals surface area contributed by atoms with Crippen molar-refractivity contribution in [2.45, 2.75) is 19.2 Å². The van der Waals surface area contributed by atoms with Gasteiger partial charge in [0.25, 0.3) is 0 Å². The Morgan fingerprint density at radius 1 is 1.50 bits per heavy atom. The molecule has 0 radical (unpaired) electrons. The van der Waals surface area contributed by atoms with Crippen molar-refractivity contribution in [3.05, 3.63) is 23.9 Å². The monoisotopic (exact) mass is 196 g/mol. The van der Waals surface area contributed by atoms with E-state index in [0.29, 0.717) is 19.0 Å². The van der Waals surface area contributed by atoms with Crippen LogP contribution in [0.4, 0.5) is 4.39 Å². The zero-order chi connectivity index (χ0) is 9.97. The fraction of sp³-hybridized carbons (Fsp3) is 0.500. The zero-order valence-corrected chi connectivity index (χ0v) is 8.03. The summed E-state index contributed by atoms with van der Waals surface area (Å²) in [5.41, 5.74) is 0.879. The minimum Gasteiger partial charge on any atom is -0.470 e. The molecule has 1 aliphatic rings. The predicted molar refractivity (Wildman–Crippen MR) is 51.2 cm³/mol. The van der Waals surface area contributed by atoms with Gasteiger partial charge >= 0.3 is 0 Å². The smallest absolute Gasteiger partial charge is 0.213 e. The van der Waals surface area contributed by atoms with Gasteiger partial charge < -0.3 is 10.1 Å². The van der Waals surface area contributed by atoms with Crippen LogP contribution < -0.4 is 10.1 Å². The number of alkyl halides is 1. The highest BCUT2D eigenvalue weighted by molar-refractivity contribution is 5.15. The van der Waals surface area contributed by atoms with Gasteiger partial charge in [0.05, 0.1) is 0 Å². The first-order chi connectivity index (χ1) is 6.75. The molecule has 2 atom stereocenters. The van der Waals surface area contributed by atoms with Crippen LogP contribution in [-0.4, -0.2) is 30.3 Å². The summed E-state index contributed by atoms with van der Waals surface area (Å²) in [5, 5.41) is 2.93. The third kappa shape index (κ3) is 2.01. The largest absolute Gasteiger partial charge is 0.470 e. The van der Waals surface area contributed by atoms with Gasteiger partial charge in [-0.3, -0.25) is 0 Å². The molecule has 0 aromatic carbocycles. The minimum atomic E-state index is -0.933. The Kier molecular flexibility index (Phi) is 2.63. The molecule has 1 saturated heterocycles. The van der Waals surface area contributed by atoms with Crippen LogP contribution in [0.1, 0.15) is 5.69 Å². The third-order valence-electron chi connectivity index (χ3n) is 2.22. The lowest BCUT2D eigenvalue weighted by molar-refractivity contribution is 0.134. The molecule has 14 heavy (non-hydrogen) atoms. The van der Waals surface area contributed by atoms with Gasteiger partial charge in [0.15, 0.2) is 6.17 Å². The number of aryl methyl sites for hydroxylation is 1. The lowest BCUT2D eigenvalue weighted by atomic mass is 10.3. The van der Waals surface area contributed by atoms with Crippen LogP contribution in [0.15, 0.2) is 18.2 Å². The molecule has 1 aliphatic heterocycles. The van der Waals surface area contributed by atoms with Gasteiger partial charge in [0, 0.05) is 24.8 Å². The summed E-state index contributed by atoms with van der Waals surface area (Å²) in [4.78, 5) is 4.15. The molecule has 1 aromatic rings. The summed E-state index contributed by atoms with van der Waals surface area (Å²) in [6.45, 7) is 2.81. The number of hydrogen-bond donors (Lipinski definition) is 1. The summed E-state index contributed by atoms with van der Waals surface area (Å²) >= 11 is 0. The van der Waals surface area contributed by atoms with E-state index in [2.05, 4.69) is 10.3 Å². The molecular formula is C10H13FN2O. The van der Waals surface area contributed by atoms with Gasteiger partial charge in [-0.2, -0.15) is 0 Å². The maximum atomic E-state index is 13.2. The van der Waals surface area contributed by atoms with Crippen molar-refractivity contribution in [1.29, 1.82) is 0 Å². The second-order valence-corrected chi connectivity index (χ2v) is 3.45. The van der Waals surface area contributed by atoms with Crippen LogP contribution in [-0.2, 0) is 0 Å². The number of aromatic nitrogens is 1. The molecule has 1 N–H and O–H groups in total. The summed E-state index contributed by atoms with van der Waals surface area (Å²) < 4.78 is 18.6. The van der Waals surface area contributed by atoms with Crippen molar-refractivity contribution in [3.8, 4) is 5.88 Å². The lowest BCUT2D eigenvalue weighted by Crippen LogP contribution is -2.27. The molecule has 76 valence electrons. The van der Waals surface area contributed by atoms with Crippen molar-refractivity contribution in [3.63, 3.8) is 0 Å². The number of rotatable bonds is 2. The Hall–Kier alpha value is -1.16. The molecule has 2 rings (SSSR count). The van der Waals surface area contributed by atoms with Gasteiger partial charge in [0.2, 0.25) is 5.88 Å². The van der Waals surface area contributed by atoms with E-state index >= 15 is 0 Å². The van der Waals surface area contributed by atoms with E-state index in [1.165, 1.54) is 0 Å². The molecule has 3 nitrogen and oxygen atoms in total. The Morgan fingerprint density at radius 3 is 3.00 bits per heavy atom. The van der Waals surface area contributed by atoms with E-state index in [0.717, 1.165) is 5.69 Å². The van der Waals surface area contributed by atoms with Crippen LogP contribution in [0.5, 0.6) is 5.88 Å². The number of nitrogens with one attached hydrogen (secondary N) is 1. The maximum absolute atomic E-state index is 13.2. The van der Waals surface area contributed by atoms with Gasteiger partial charge in [-0.15, -0.1) is 0 Å². The number of ether oxygens (including phenoxy) is 1. The van der Waals surface area contributed by atoms with Gasteiger partial charge in [-0.05, 0) is 13.0 Å². The first kappa shape index (κ1) is 9.40. The van der Waals surface area contributed by atoms with E-state index in [4.69, 9.17) is 4.74 Å². The molecule has 0 amide bonds. The SMILES string of the molecule is Cc1cccc(OC2CNCC2F)n1. The maximum Gasteiger partial charge on any atom is 0.213 e. The van der Waals surface area contributed by atoms with Crippen LogP contribution in [0, 0.1) is 6.92 Å². The fourth-order valence-electron chi connectivity index (χ4n) is 1.48. The number of hydrogen-bond acceptors (Lipinski definition) is 3. The Balaban J connectivity index is 2.03. The van der Waals surface area contributed by atoms with E-state index in [1.807, 2.05) is 19.1 Å². The highest BCUT2D eigenvalue weighted by Crippen LogP contribution is 2.14. The topological polar surface area (TPSA) is 34.1 Å². The normalized spacial score (nSPS) is 26.4. The van der Waals surface area contributed by atoms with Gasteiger partial charge in [0.1, 0.15) is 6.10 Å².